The minimum Gasteiger partial charge on any atom is -0.368 e. The highest BCUT2D eigenvalue weighted by atomic mass is 15.2. The lowest BCUT2D eigenvalue weighted by Gasteiger charge is -2.36. The third kappa shape index (κ3) is 4.04. The topological polar surface area (TPSA) is 9.72 Å². The fourth-order valence-corrected chi connectivity index (χ4v) is 7.69. The maximum Gasteiger partial charge on any atom is 0.0722 e. The van der Waals surface area contributed by atoms with Crippen LogP contribution < -0.4 is 9.80 Å². The molecule has 45 heavy (non-hydrogen) atoms. The molecule has 3 nitrogen and oxygen atoms in total. The van der Waals surface area contributed by atoms with Gasteiger partial charge in [-0.2, -0.15) is 0 Å². The fraction of sp³-hybridized carbons (Fsp3) is 0.0952. The molecule has 0 fully saturated rings. The average Bonchev–Trinajstić information content (AvgIpc) is 3.48. The molecule has 0 aromatic heterocycles. The van der Waals surface area contributed by atoms with E-state index in [0.717, 1.165) is 18.7 Å². The first kappa shape index (κ1) is 25.9. The quantitative estimate of drug-likeness (QED) is 0.211. The van der Waals surface area contributed by atoms with Crippen LogP contribution in [-0.4, -0.2) is 24.5 Å². The lowest BCUT2D eigenvalue weighted by molar-refractivity contribution is 0.417. The predicted octanol–water partition coefficient (Wildman–Crippen LogP) is 10.0. The number of likely N-dealkylation sites (N-methyl/N-ethyl adjacent to an activating group) is 1. The van der Waals surface area contributed by atoms with Gasteiger partial charge in [0.2, 0.25) is 0 Å². The van der Waals surface area contributed by atoms with Gasteiger partial charge in [0.25, 0.3) is 0 Å². The summed E-state index contributed by atoms with van der Waals surface area (Å²) in [4.78, 5) is 7.31. The maximum absolute atomic E-state index is 2.51. The molecule has 0 amide bonds. The fourth-order valence-electron chi connectivity index (χ4n) is 7.69. The van der Waals surface area contributed by atoms with Crippen molar-refractivity contribution in [2.45, 2.75) is 12.5 Å². The first-order chi connectivity index (χ1) is 22.3. The molecule has 5 aromatic rings. The van der Waals surface area contributed by atoms with Gasteiger partial charge in [0.15, 0.2) is 0 Å². The van der Waals surface area contributed by atoms with Gasteiger partial charge in [-0.3, -0.25) is 0 Å². The zero-order chi connectivity index (χ0) is 29.9. The minimum atomic E-state index is 0.255. The summed E-state index contributed by atoms with van der Waals surface area (Å²) < 4.78 is 0. The molecule has 0 radical (unpaired) electrons. The summed E-state index contributed by atoms with van der Waals surface area (Å²) in [5.74, 6) is 0. The second-order valence-electron chi connectivity index (χ2n) is 12.2. The van der Waals surface area contributed by atoms with E-state index in [0.29, 0.717) is 0 Å². The Bertz CT molecular complexity index is 2080. The highest BCUT2D eigenvalue weighted by molar-refractivity contribution is 6.08. The van der Waals surface area contributed by atoms with Gasteiger partial charge in [0.05, 0.1) is 23.1 Å². The van der Waals surface area contributed by atoms with E-state index in [2.05, 4.69) is 174 Å². The molecule has 3 heterocycles. The van der Waals surface area contributed by atoms with Crippen molar-refractivity contribution in [2.24, 2.45) is 0 Å². The molecule has 5 aromatic carbocycles. The third-order valence-corrected chi connectivity index (χ3v) is 9.65. The molecular formula is C42H33N3. The molecule has 1 aliphatic carbocycles. The molecule has 3 heteroatoms. The van der Waals surface area contributed by atoms with Crippen LogP contribution in [-0.2, 0) is 6.42 Å². The van der Waals surface area contributed by atoms with E-state index in [1.165, 1.54) is 67.3 Å². The molecule has 3 aliphatic heterocycles. The third-order valence-electron chi connectivity index (χ3n) is 9.65. The Labute approximate surface area is 265 Å². The van der Waals surface area contributed by atoms with Crippen LogP contribution >= 0.6 is 0 Å². The number of para-hydroxylation sites is 3. The van der Waals surface area contributed by atoms with E-state index in [-0.39, 0.29) is 6.04 Å². The van der Waals surface area contributed by atoms with Gasteiger partial charge < -0.3 is 14.7 Å². The number of hydrogen-bond acceptors (Lipinski definition) is 3. The minimum absolute atomic E-state index is 0.255. The van der Waals surface area contributed by atoms with Crippen molar-refractivity contribution in [3.8, 4) is 33.4 Å². The van der Waals surface area contributed by atoms with Gasteiger partial charge >= 0.3 is 0 Å². The standard InChI is InChI=1S/C42H33N3/c1-43-28-32(26-30-16-8-11-21-37(30)43)45-38-22-12-9-19-33(38)36-27-40-35(24-25-44(40)31-17-6-3-7-18-31)41(29-14-4-2-5-15-29)42(36)34-20-10-13-23-39(34)45/h2-23,26-28,37H,24-25H2,1H3. The number of allylic oxidation sites excluding steroid dienone is 3. The van der Waals surface area contributed by atoms with E-state index in [1.807, 2.05) is 0 Å². The average molecular weight is 580 g/mol. The van der Waals surface area contributed by atoms with Gasteiger partial charge in [-0.1, -0.05) is 109 Å². The van der Waals surface area contributed by atoms with E-state index >= 15 is 0 Å². The van der Waals surface area contributed by atoms with Crippen molar-refractivity contribution in [3.63, 3.8) is 0 Å². The highest BCUT2D eigenvalue weighted by Gasteiger charge is 2.34. The number of nitrogens with zero attached hydrogens (tertiary/aromatic N) is 3. The number of rotatable bonds is 3. The lowest BCUT2D eigenvalue weighted by Crippen LogP contribution is -2.33. The molecule has 4 aliphatic rings. The van der Waals surface area contributed by atoms with Crippen LogP contribution in [0.5, 0.6) is 0 Å². The van der Waals surface area contributed by atoms with Gasteiger partial charge in [-0.15, -0.1) is 0 Å². The molecule has 0 bridgehead atoms. The van der Waals surface area contributed by atoms with Gasteiger partial charge in [-0.25, -0.2) is 0 Å². The molecule has 0 saturated heterocycles. The van der Waals surface area contributed by atoms with E-state index < -0.39 is 0 Å². The van der Waals surface area contributed by atoms with Gasteiger partial charge in [0, 0.05) is 42.3 Å². The summed E-state index contributed by atoms with van der Waals surface area (Å²) in [6, 6.07) is 42.5. The van der Waals surface area contributed by atoms with Crippen molar-refractivity contribution in [2.75, 3.05) is 23.4 Å². The van der Waals surface area contributed by atoms with Gasteiger partial charge in [-0.05, 0) is 76.2 Å². The van der Waals surface area contributed by atoms with Crippen molar-refractivity contribution < 1.29 is 0 Å². The van der Waals surface area contributed by atoms with E-state index in [4.69, 9.17) is 0 Å². The van der Waals surface area contributed by atoms with E-state index in [9.17, 15) is 0 Å². The number of anilines is 4. The van der Waals surface area contributed by atoms with Crippen LogP contribution in [0.3, 0.4) is 0 Å². The summed E-state index contributed by atoms with van der Waals surface area (Å²) in [7, 11) is 2.18. The summed E-state index contributed by atoms with van der Waals surface area (Å²) >= 11 is 0. The second-order valence-corrected chi connectivity index (χ2v) is 12.2. The summed E-state index contributed by atoms with van der Waals surface area (Å²) in [6.45, 7) is 0.966. The summed E-state index contributed by atoms with van der Waals surface area (Å²) in [6.07, 6.45) is 14.5. The Balaban J connectivity index is 1.36. The van der Waals surface area contributed by atoms with Crippen molar-refractivity contribution >= 4 is 22.7 Å². The van der Waals surface area contributed by atoms with Crippen LogP contribution in [0.15, 0.2) is 163 Å². The number of fused-ring (bicyclic) bond motifs is 7. The summed E-state index contributed by atoms with van der Waals surface area (Å²) in [5.41, 5.74) is 16.5. The Morgan fingerprint density at radius 3 is 2.13 bits per heavy atom. The Morgan fingerprint density at radius 1 is 0.644 bits per heavy atom. The Morgan fingerprint density at radius 2 is 1.33 bits per heavy atom. The molecule has 0 saturated carbocycles. The molecule has 0 N–H and O–H groups in total. The smallest absolute Gasteiger partial charge is 0.0722 e. The molecular weight excluding hydrogens is 546 g/mol. The van der Waals surface area contributed by atoms with Crippen LogP contribution in [0.4, 0.5) is 22.7 Å². The number of hydrogen-bond donors (Lipinski definition) is 0. The monoisotopic (exact) mass is 579 g/mol. The summed E-state index contributed by atoms with van der Waals surface area (Å²) in [5, 5.41) is 0. The van der Waals surface area contributed by atoms with Crippen LogP contribution in [0.2, 0.25) is 0 Å². The van der Waals surface area contributed by atoms with Crippen molar-refractivity contribution in [1.29, 1.82) is 0 Å². The normalized spacial score (nSPS) is 17.4. The second kappa shape index (κ2) is 10.3. The molecule has 1 unspecified atom stereocenters. The largest absolute Gasteiger partial charge is 0.368 e. The first-order valence-electron chi connectivity index (χ1n) is 15.8. The molecule has 216 valence electrons. The molecule has 1 atom stereocenters. The SMILES string of the molecule is CN1C=C(N2c3ccccc3-c3cc4c(c(-c5ccccc5)c3-c3ccccc32)CCN4c2ccccc2)C=C2C=CC=CC21. The van der Waals surface area contributed by atoms with Crippen molar-refractivity contribution in [1.82, 2.24) is 4.90 Å². The number of benzene rings is 5. The lowest BCUT2D eigenvalue weighted by atomic mass is 9.83. The Kier molecular flexibility index (Phi) is 5.92. The zero-order valence-electron chi connectivity index (χ0n) is 25.3. The first-order valence-corrected chi connectivity index (χ1v) is 15.8. The van der Waals surface area contributed by atoms with Crippen LogP contribution in [0, 0.1) is 0 Å². The van der Waals surface area contributed by atoms with Crippen LogP contribution in [0.25, 0.3) is 33.4 Å². The van der Waals surface area contributed by atoms with Crippen molar-refractivity contribution in [3.05, 3.63) is 169 Å². The maximum atomic E-state index is 2.51. The van der Waals surface area contributed by atoms with Gasteiger partial charge in [0.1, 0.15) is 0 Å². The highest BCUT2D eigenvalue weighted by Crippen LogP contribution is 2.56. The van der Waals surface area contributed by atoms with Crippen LogP contribution in [0.1, 0.15) is 5.56 Å². The predicted molar refractivity (Wildman–Crippen MR) is 188 cm³/mol. The van der Waals surface area contributed by atoms with E-state index in [1.54, 1.807) is 0 Å². The molecule has 9 rings (SSSR count). The molecule has 0 spiro atoms. The Hall–Kier alpha value is -5.54. The zero-order valence-corrected chi connectivity index (χ0v) is 25.3.